The molecule has 1 aliphatic rings. The van der Waals surface area contributed by atoms with E-state index in [1.54, 1.807) is 24.3 Å². The van der Waals surface area contributed by atoms with Crippen molar-refractivity contribution in [3.63, 3.8) is 0 Å². The van der Waals surface area contributed by atoms with Crippen molar-refractivity contribution in [3.05, 3.63) is 66.2 Å². The van der Waals surface area contributed by atoms with Crippen LogP contribution in [0.15, 0.2) is 54.7 Å². The van der Waals surface area contributed by atoms with Gasteiger partial charge in [-0.15, -0.1) is 9.47 Å². The molecule has 1 aromatic heterocycles. The highest BCUT2D eigenvalue weighted by atomic mass is 19.1. The summed E-state index contributed by atoms with van der Waals surface area (Å²) >= 11 is 0. The second-order valence-corrected chi connectivity index (χ2v) is 4.90. The molecule has 0 spiro atoms. The Kier molecular flexibility index (Phi) is 2.53. The van der Waals surface area contributed by atoms with Crippen molar-refractivity contribution in [3.8, 4) is 0 Å². The van der Waals surface area contributed by atoms with E-state index in [0.29, 0.717) is 11.0 Å². The van der Waals surface area contributed by atoms with Gasteiger partial charge in [0.25, 0.3) is 11.2 Å². The van der Waals surface area contributed by atoms with E-state index < -0.39 is 17.8 Å². The van der Waals surface area contributed by atoms with Gasteiger partial charge in [0.15, 0.2) is 11.5 Å². The normalized spacial score (nSPS) is 13.8. The minimum Gasteiger partial charge on any atom is -0.236 e. The Labute approximate surface area is 124 Å². The molecule has 2 amide bonds. The van der Waals surface area contributed by atoms with E-state index in [0.717, 1.165) is 4.90 Å². The number of amides is 2. The maximum absolute atomic E-state index is 14.0. The molecule has 3 aromatic rings. The van der Waals surface area contributed by atoms with Crippen LogP contribution in [0, 0.1) is 5.82 Å². The highest BCUT2D eigenvalue weighted by molar-refractivity contribution is 6.21. The van der Waals surface area contributed by atoms with Crippen LogP contribution in [0.25, 0.3) is 11.0 Å². The summed E-state index contributed by atoms with van der Waals surface area (Å²) in [6, 6.07) is 12.2. The zero-order chi connectivity index (χ0) is 15.3. The number of carbonyl (C=O) groups is 2. The molecule has 6 heteroatoms. The van der Waals surface area contributed by atoms with Crippen LogP contribution in [0.2, 0.25) is 0 Å². The Morgan fingerprint density at radius 3 is 2.55 bits per heavy atom. The van der Waals surface area contributed by atoms with Crippen LogP contribution in [0.5, 0.6) is 0 Å². The number of aromatic nitrogens is 2. The number of hydrogen-bond donors (Lipinski definition) is 0. The first kappa shape index (κ1) is 12.6. The molecular weight excluding hydrogens is 285 g/mol. The van der Waals surface area contributed by atoms with Crippen molar-refractivity contribution in [2.45, 2.75) is 0 Å². The second-order valence-electron chi connectivity index (χ2n) is 4.90. The molecule has 1 aliphatic heterocycles. The molecule has 0 radical (unpaired) electrons. The molecule has 0 atom stereocenters. The average molecular weight is 295 g/mol. The van der Waals surface area contributed by atoms with Gasteiger partial charge < -0.3 is 0 Å². The molecule has 0 unspecified atom stereocenters. The van der Waals surface area contributed by atoms with Crippen LogP contribution >= 0.6 is 0 Å². The molecule has 0 fully saturated rings. The molecule has 22 heavy (non-hydrogen) atoms. The van der Waals surface area contributed by atoms with E-state index in [2.05, 4.69) is 4.98 Å². The minimum atomic E-state index is -0.620. The third-order valence-corrected chi connectivity index (χ3v) is 3.65. The first-order valence-corrected chi connectivity index (χ1v) is 6.67. The van der Waals surface area contributed by atoms with Crippen LogP contribution in [0.1, 0.15) is 10.5 Å². The molecular formula is C16H10FN3O2+2. The molecule has 0 saturated carbocycles. The zero-order valence-electron chi connectivity index (χ0n) is 11.3. The number of benzene rings is 2. The summed E-state index contributed by atoms with van der Waals surface area (Å²) in [6.07, 6.45) is 1.46. The highest BCUT2D eigenvalue weighted by Crippen LogP contribution is 2.23. The van der Waals surface area contributed by atoms with Gasteiger partial charge in [0.05, 0.1) is 0 Å². The van der Waals surface area contributed by atoms with E-state index >= 15 is 0 Å². The van der Waals surface area contributed by atoms with Crippen molar-refractivity contribution in [1.82, 2.24) is 0 Å². The first-order chi connectivity index (χ1) is 10.7. The maximum Gasteiger partial charge on any atom is 0.512 e. The summed E-state index contributed by atoms with van der Waals surface area (Å²) < 4.78 is 15.3. The average Bonchev–Trinajstić information content (AvgIpc) is 2.80. The lowest BCUT2D eigenvalue weighted by Crippen LogP contribution is -2.47. The number of para-hydroxylation sites is 3. The largest absolute Gasteiger partial charge is 0.512 e. The van der Waals surface area contributed by atoms with Gasteiger partial charge in [0.1, 0.15) is 0 Å². The SMILES string of the molecule is O=C1c2c[nH+]c3ccccc3[n+]2C(=O)N1c1ccccc1F. The molecule has 4 rings (SSSR count). The van der Waals surface area contributed by atoms with E-state index in [1.807, 2.05) is 6.07 Å². The van der Waals surface area contributed by atoms with Gasteiger partial charge in [-0.2, -0.15) is 4.79 Å². The van der Waals surface area contributed by atoms with Crippen molar-refractivity contribution in [2.24, 2.45) is 0 Å². The van der Waals surface area contributed by atoms with Crippen LogP contribution in [0.3, 0.4) is 0 Å². The van der Waals surface area contributed by atoms with Gasteiger partial charge in [-0.25, -0.2) is 14.2 Å². The number of nitrogens with one attached hydrogen (secondary N) is 1. The number of halogens is 1. The maximum atomic E-state index is 14.0. The zero-order valence-corrected chi connectivity index (χ0v) is 11.3. The standard InChI is InChI=1S/C16H9FN3O2/c17-10-5-1-3-7-12(10)20-15(21)14-9-18-11-6-2-4-8-13(11)19(14)16(20)22/h1-9H/q+1/p+1. The van der Waals surface area contributed by atoms with Crippen molar-refractivity contribution < 1.29 is 23.5 Å². The fourth-order valence-corrected chi connectivity index (χ4v) is 2.64. The Hall–Kier alpha value is -3.15. The van der Waals surface area contributed by atoms with Crippen molar-refractivity contribution in [2.75, 3.05) is 4.90 Å². The highest BCUT2D eigenvalue weighted by Gasteiger charge is 2.50. The van der Waals surface area contributed by atoms with Crippen LogP contribution < -0.4 is 14.5 Å². The Morgan fingerprint density at radius 1 is 1.00 bits per heavy atom. The Bertz CT molecular complexity index is 955. The van der Waals surface area contributed by atoms with E-state index in [1.165, 1.54) is 29.0 Å². The van der Waals surface area contributed by atoms with Gasteiger partial charge in [0.2, 0.25) is 11.7 Å². The molecule has 1 N–H and O–H groups in total. The summed E-state index contributed by atoms with van der Waals surface area (Å²) in [4.78, 5) is 29.0. The first-order valence-electron chi connectivity index (χ1n) is 6.67. The lowest BCUT2D eigenvalue weighted by atomic mass is 10.2. The van der Waals surface area contributed by atoms with Crippen molar-refractivity contribution >= 4 is 28.7 Å². The summed E-state index contributed by atoms with van der Waals surface area (Å²) in [6.45, 7) is 0. The van der Waals surface area contributed by atoms with Gasteiger partial charge in [-0.05, 0) is 18.2 Å². The van der Waals surface area contributed by atoms with E-state index in [4.69, 9.17) is 0 Å². The van der Waals surface area contributed by atoms with Crippen LogP contribution in [-0.4, -0.2) is 11.9 Å². The summed E-state index contributed by atoms with van der Waals surface area (Å²) in [5, 5.41) is 0. The molecule has 2 aromatic carbocycles. The number of nitrogens with zero attached hydrogens (tertiary/aromatic N) is 2. The van der Waals surface area contributed by atoms with Gasteiger partial charge in [-0.3, -0.25) is 0 Å². The van der Waals surface area contributed by atoms with E-state index in [-0.39, 0.29) is 11.4 Å². The third kappa shape index (κ3) is 1.57. The molecule has 0 saturated heterocycles. The predicted octanol–water partition coefficient (Wildman–Crippen LogP) is 1.71. The predicted molar refractivity (Wildman–Crippen MR) is 74.7 cm³/mol. The molecule has 5 nitrogen and oxygen atoms in total. The van der Waals surface area contributed by atoms with Crippen LogP contribution in [0.4, 0.5) is 14.9 Å². The van der Waals surface area contributed by atoms with Crippen LogP contribution in [-0.2, 0) is 0 Å². The molecule has 0 aliphatic carbocycles. The number of H-pyrrole nitrogens is 1. The third-order valence-electron chi connectivity index (χ3n) is 3.65. The summed E-state index contributed by atoms with van der Waals surface area (Å²) in [5.74, 6) is -1.18. The summed E-state index contributed by atoms with van der Waals surface area (Å²) in [5.41, 5.74) is 1.40. The number of aromatic amines is 1. The van der Waals surface area contributed by atoms with Gasteiger partial charge in [0, 0.05) is 6.07 Å². The fourth-order valence-electron chi connectivity index (χ4n) is 2.64. The summed E-state index contributed by atoms with van der Waals surface area (Å²) in [7, 11) is 0. The van der Waals surface area contributed by atoms with Gasteiger partial charge >= 0.3 is 11.9 Å². The number of rotatable bonds is 1. The minimum absolute atomic E-state index is 0.0507. The number of hydrogen-bond acceptors (Lipinski definition) is 2. The number of fused-ring (bicyclic) bond motifs is 3. The number of anilines is 1. The topological polar surface area (TPSA) is 55.4 Å². The lowest BCUT2D eigenvalue weighted by Gasteiger charge is -2.04. The number of imide groups is 1. The fraction of sp³-hybridized carbons (Fsp3) is 0. The Morgan fingerprint density at radius 2 is 1.73 bits per heavy atom. The molecule has 106 valence electrons. The lowest BCUT2D eigenvalue weighted by molar-refractivity contribution is -0.551. The molecule has 0 bridgehead atoms. The second kappa shape index (κ2) is 4.42. The molecule has 2 heterocycles. The number of carbonyl (C=O) groups excluding carboxylic acids is 2. The van der Waals surface area contributed by atoms with E-state index in [9.17, 15) is 14.0 Å². The Balaban J connectivity index is 1.97. The monoisotopic (exact) mass is 295 g/mol. The van der Waals surface area contributed by atoms with Crippen molar-refractivity contribution in [1.29, 1.82) is 0 Å². The quantitative estimate of drug-likeness (QED) is 0.642. The van der Waals surface area contributed by atoms with Gasteiger partial charge in [-0.1, -0.05) is 24.3 Å². The smallest absolute Gasteiger partial charge is 0.236 e.